The Balaban J connectivity index is 1.76. The summed E-state index contributed by atoms with van der Waals surface area (Å²) in [5, 5.41) is 5.07. The summed E-state index contributed by atoms with van der Waals surface area (Å²) in [6.07, 6.45) is 2.06. The minimum atomic E-state index is 0.420. The molecule has 1 heteroatoms. The van der Waals surface area contributed by atoms with Crippen LogP contribution in [0.25, 0.3) is 43.9 Å². The van der Waals surface area contributed by atoms with Gasteiger partial charge < -0.3 is 0 Å². The lowest BCUT2D eigenvalue weighted by Gasteiger charge is -2.15. The summed E-state index contributed by atoms with van der Waals surface area (Å²) in [6.45, 7) is 4.46. The molecule has 0 saturated heterocycles. The Hall–Kier alpha value is -3.45. The van der Waals surface area contributed by atoms with Gasteiger partial charge in [-0.25, -0.2) is 0 Å². The zero-order chi connectivity index (χ0) is 19.8. The molecular weight excluding hydrogens is 350 g/mol. The van der Waals surface area contributed by atoms with Crippen molar-refractivity contribution in [3.8, 4) is 22.4 Å². The third-order valence-electron chi connectivity index (χ3n) is 5.70. The number of benzene rings is 4. The van der Waals surface area contributed by atoms with Crippen LogP contribution in [0.5, 0.6) is 0 Å². The first-order valence-electron chi connectivity index (χ1n) is 10.2. The molecule has 0 unspecified atom stereocenters. The standard InChI is InChI=1S/C28H23N/c1-19(2)27-18-29-28(17-26(27)20-9-4-3-5-10-20)25-14-8-13-23-22-12-7-6-11-21(22)15-16-24(23)25/h3-19H,1-2H3. The summed E-state index contributed by atoms with van der Waals surface area (Å²) >= 11 is 0. The smallest absolute Gasteiger partial charge is 0.0714 e. The van der Waals surface area contributed by atoms with E-state index in [9.17, 15) is 0 Å². The van der Waals surface area contributed by atoms with Gasteiger partial charge in [0.25, 0.3) is 0 Å². The van der Waals surface area contributed by atoms with Crippen molar-refractivity contribution in [3.05, 3.63) is 103 Å². The van der Waals surface area contributed by atoms with Gasteiger partial charge in [-0.3, -0.25) is 4.98 Å². The molecule has 0 amide bonds. The fourth-order valence-corrected chi connectivity index (χ4v) is 4.20. The molecule has 1 heterocycles. The maximum Gasteiger partial charge on any atom is 0.0714 e. The molecule has 1 aromatic heterocycles. The first kappa shape index (κ1) is 17.6. The molecule has 0 atom stereocenters. The van der Waals surface area contributed by atoms with Crippen LogP contribution in [-0.2, 0) is 0 Å². The lowest BCUT2D eigenvalue weighted by Crippen LogP contribution is -1.96. The van der Waals surface area contributed by atoms with Crippen molar-refractivity contribution in [2.75, 3.05) is 0 Å². The van der Waals surface area contributed by atoms with Crippen LogP contribution in [0, 0.1) is 0 Å². The second kappa shape index (κ2) is 7.18. The Bertz CT molecular complexity index is 1320. The Labute approximate surface area is 171 Å². The third-order valence-corrected chi connectivity index (χ3v) is 5.70. The van der Waals surface area contributed by atoms with Gasteiger partial charge in [-0.1, -0.05) is 98.8 Å². The minimum Gasteiger partial charge on any atom is -0.256 e. The maximum absolute atomic E-state index is 4.89. The largest absolute Gasteiger partial charge is 0.256 e. The van der Waals surface area contributed by atoms with E-state index in [2.05, 4.69) is 111 Å². The number of hydrogen-bond acceptors (Lipinski definition) is 1. The van der Waals surface area contributed by atoms with E-state index in [4.69, 9.17) is 4.98 Å². The van der Waals surface area contributed by atoms with E-state index in [1.54, 1.807) is 0 Å². The van der Waals surface area contributed by atoms with E-state index in [1.165, 1.54) is 43.8 Å². The molecule has 0 aliphatic rings. The van der Waals surface area contributed by atoms with Gasteiger partial charge in [-0.15, -0.1) is 0 Å². The van der Waals surface area contributed by atoms with E-state index in [1.807, 2.05) is 0 Å². The Morgan fingerprint density at radius 3 is 2.21 bits per heavy atom. The van der Waals surface area contributed by atoms with E-state index >= 15 is 0 Å². The third kappa shape index (κ3) is 3.09. The first-order chi connectivity index (χ1) is 14.2. The Kier molecular flexibility index (Phi) is 4.37. The molecule has 140 valence electrons. The number of rotatable bonds is 3. The molecule has 1 nitrogen and oxygen atoms in total. The topological polar surface area (TPSA) is 12.9 Å². The predicted molar refractivity (Wildman–Crippen MR) is 124 cm³/mol. The Morgan fingerprint density at radius 2 is 1.38 bits per heavy atom. The normalized spacial score (nSPS) is 11.4. The highest BCUT2D eigenvalue weighted by Gasteiger charge is 2.13. The van der Waals surface area contributed by atoms with Gasteiger partial charge >= 0.3 is 0 Å². The van der Waals surface area contributed by atoms with Crippen LogP contribution < -0.4 is 0 Å². The molecule has 0 spiro atoms. The average molecular weight is 373 g/mol. The van der Waals surface area contributed by atoms with Crippen molar-refractivity contribution in [1.82, 2.24) is 4.98 Å². The molecule has 0 aliphatic heterocycles. The van der Waals surface area contributed by atoms with Crippen molar-refractivity contribution in [3.63, 3.8) is 0 Å². The van der Waals surface area contributed by atoms with E-state index in [-0.39, 0.29) is 0 Å². The number of fused-ring (bicyclic) bond motifs is 3. The average Bonchev–Trinajstić information content (AvgIpc) is 2.78. The van der Waals surface area contributed by atoms with Gasteiger partial charge in [0.15, 0.2) is 0 Å². The van der Waals surface area contributed by atoms with Gasteiger partial charge in [0.05, 0.1) is 5.69 Å². The van der Waals surface area contributed by atoms with Gasteiger partial charge in [-0.2, -0.15) is 0 Å². The molecule has 0 radical (unpaired) electrons. The molecule has 0 bridgehead atoms. The second-order valence-corrected chi connectivity index (χ2v) is 7.86. The first-order valence-corrected chi connectivity index (χ1v) is 10.2. The molecular formula is C28H23N. The van der Waals surface area contributed by atoms with Crippen LogP contribution in [0.15, 0.2) is 97.2 Å². The summed E-state index contributed by atoms with van der Waals surface area (Å²) in [5.74, 6) is 0.420. The highest BCUT2D eigenvalue weighted by Crippen LogP contribution is 2.36. The van der Waals surface area contributed by atoms with Crippen LogP contribution in [-0.4, -0.2) is 4.98 Å². The number of pyridine rings is 1. The molecule has 0 aliphatic carbocycles. The van der Waals surface area contributed by atoms with Gasteiger partial charge in [0.1, 0.15) is 0 Å². The molecule has 5 rings (SSSR count). The number of aromatic nitrogens is 1. The highest BCUT2D eigenvalue weighted by molar-refractivity contribution is 6.11. The van der Waals surface area contributed by atoms with Gasteiger partial charge in [0, 0.05) is 11.8 Å². The van der Waals surface area contributed by atoms with Crippen LogP contribution in [0.1, 0.15) is 25.3 Å². The summed E-state index contributed by atoms with van der Waals surface area (Å²) in [4.78, 5) is 4.89. The number of hydrogen-bond donors (Lipinski definition) is 0. The monoisotopic (exact) mass is 373 g/mol. The molecule has 5 aromatic rings. The molecule has 0 N–H and O–H groups in total. The fourth-order valence-electron chi connectivity index (χ4n) is 4.20. The van der Waals surface area contributed by atoms with E-state index in [0.717, 1.165) is 5.69 Å². The summed E-state index contributed by atoms with van der Waals surface area (Å²) in [6, 6.07) is 32.4. The second-order valence-electron chi connectivity index (χ2n) is 7.86. The summed E-state index contributed by atoms with van der Waals surface area (Å²) < 4.78 is 0. The van der Waals surface area contributed by atoms with Crippen LogP contribution in [0.2, 0.25) is 0 Å². The zero-order valence-corrected chi connectivity index (χ0v) is 16.8. The lowest BCUT2D eigenvalue weighted by molar-refractivity contribution is 0.861. The number of nitrogens with zero attached hydrogens (tertiary/aromatic N) is 1. The summed E-state index contributed by atoms with van der Waals surface area (Å²) in [5.41, 5.74) is 5.99. The van der Waals surface area contributed by atoms with Crippen molar-refractivity contribution < 1.29 is 0 Å². The maximum atomic E-state index is 4.89. The van der Waals surface area contributed by atoms with Crippen LogP contribution in [0.4, 0.5) is 0 Å². The lowest BCUT2D eigenvalue weighted by atomic mass is 9.91. The molecule has 0 saturated carbocycles. The SMILES string of the molecule is CC(C)c1cnc(-c2cccc3c2ccc2ccccc23)cc1-c1ccccc1. The van der Waals surface area contributed by atoms with E-state index < -0.39 is 0 Å². The predicted octanol–water partition coefficient (Wildman–Crippen LogP) is 7.85. The van der Waals surface area contributed by atoms with Gasteiger partial charge in [0.2, 0.25) is 0 Å². The Morgan fingerprint density at radius 1 is 0.621 bits per heavy atom. The van der Waals surface area contributed by atoms with Crippen LogP contribution in [0.3, 0.4) is 0 Å². The van der Waals surface area contributed by atoms with Crippen molar-refractivity contribution in [1.29, 1.82) is 0 Å². The van der Waals surface area contributed by atoms with Gasteiger partial charge in [-0.05, 0) is 50.2 Å². The van der Waals surface area contributed by atoms with Crippen molar-refractivity contribution in [2.45, 2.75) is 19.8 Å². The van der Waals surface area contributed by atoms with E-state index in [0.29, 0.717) is 5.92 Å². The molecule has 29 heavy (non-hydrogen) atoms. The summed E-state index contributed by atoms with van der Waals surface area (Å²) in [7, 11) is 0. The quantitative estimate of drug-likeness (QED) is 0.293. The fraction of sp³-hybridized carbons (Fsp3) is 0.107. The van der Waals surface area contributed by atoms with Crippen molar-refractivity contribution in [2.24, 2.45) is 0 Å². The molecule has 4 aromatic carbocycles. The highest BCUT2D eigenvalue weighted by atomic mass is 14.7. The van der Waals surface area contributed by atoms with Crippen LogP contribution >= 0.6 is 0 Å². The van der Waals surface area contributed by atoms with Crippen molar-refractivity contribution >= 4 is 21.5 Å². The molecule has 0 fully saturated rings. The minimum absolute atomic E-state index is 0.420. The zero-order valence-electron chi connectivity index (χ0n) is 16.8.